The SMILES string of the molecule is CC1(NC(=O)N2CCC(CCC(=O)O)CC2)CCC1. The van der Waals surface area contributed by atoms with E-state index in [0.717, 1.165) is 45.2 Å². The largest absolute Gasteiger partial charge is 0.481 e. The minimum absolute atomic E-state index is 0.0112. The zero-order valence-corrected chi connectivity index (χ0v) is 11.7. The number of aliphatic carboxylic acids is 1. The van der Waals surface area contributed by atoms with Crippen molar-refractivity contribution in [1.29, 1.82) is 0 Å². The number of rotatable bonds is 4. The lowest BCUT2D eigenvalue weighted by atomic mass is 9.79. The first-order valence-electron chi connectivity index (χ1n) is 7.27. The molecule has 0 unspecified atom stereocenters. The van der Waals surface area contributed by atoms with Crippen molar-refractivity contribution in [1.82, 2.24) is 10.2 Å². The van der Waals surface area contributed by atoms with Crippen LogP contribution in [0, 0.1) is 5.92 Å². The normalized spacial score (nSPS) is 22.7. The molecule has 1 aliphatic carbocycles. The highest BCUT2D eigenvalue weighted by molar-refractivity contribution is 5.75. The predicted octanol–water partition coefficient (Wildman–Crippen LogP) is 2.22. The smallest absolute Gasteiger partial charge is 0.317 e. The number of carboxylic acids is 1. The number of hydrogen-bond acceptors (Lipinski definition) is 2. The van der Waals surface area contributed by atoms with E-state index in [0.29, 0.717) is 5.92 Å². The number of urea groups is 1. The van der Waals surface area contributed by atoms with Gasteiger partial charge in [0.1, 0.15) is 0 Å². The summed E-state index contributed by atoms with van der Waals surface area (Å²) in [4.78, 5) is 24.5. The van der Waals surface area contributed by atoms with Crippen LogP contribution in [0.2, 0.25) is 0 Å². The summed E-state index contributed by atoms with van der Waals surface area (Å²) in [5.41, 5.74) is 0.0112. The second-order valence-electron chi connectivity index (χ2n) is 6.21. The molecule has 0 aromatic rings. The lowest BCUT2D eigenvalue weighted by Gasteiger charge is -2.41. The zero-order valence-electron chi connectivity index (χ0n) is 11.7. The van der Waals surface area contributed by atoms with Crippen molar-refractivity contribution >= 4 is 12.0 Å². The molecule has 2 N–H and O–H groups in total. The Labute approximate surface area is 114 Å². The topological polar surface area (TPSA) is 69.6 Å². The van der Waals surface area contributed by atoms with Crippen molar-refractivity contribution in [3.05, 3.63) is 0 Å². The van der Waals surface area contributed by atoms with E-state index in [1.807, 2.05) is 4.90 Å². The molecular weight excluding hydrogens is 244 g/mol. The van der Waals surface area contributed by atoms with Gasteiger partial charge in [-0.25, -0.2) is 4.79 Å². The summed E-state index contributed by atoms with van der Waals surface area (Å²) in [5.74, 6) is -0.266. The van der Waals surface area contributed by atoms with Gasteiger partial charge >= 0.3 is 12.0 Å². The Hall–Kier alpha value is -1.26. The highest BCUT2D eigenvalue weighted by atomic mass is 16.4. The quantitative estimate of drug-likeness (QED) is 0.821. The molecule has 1 saturated carbocycles. The van der Waals surface area contributed by atoms with Crippen molar-refractivity contribution in [2.24, 2.45) is 5.92 Å². The van der Waals surface area contributed by atoms with Crippen LogP contribution < -0.4 is 5.32 Å². The van der Waals surface area contributed by atoms with Crippen LogP contribution in [-0.4, -0.2) is 40.6 Å². The summed E-state index contributed by atoms with van der Waals surface area (Å²) in [6, 6.07) is 0.0545. The third-order valence-electron chi connectivity index (χ3n) is 4.53. The standard InChI is InChI=1S/C14H24N2O3/c1-14(7-2-8-14)15-13(19)16-9-5-11(6-10-16)3-4-12(17)18/h11H,2-10H2,1H3,(H,15,19)(H,17,18). The number of piperidine rings is 1. The van der Waals surface area contributed by atoms with Gasteiger partial charge in [-0.3, -0.25) is 4.79 Å². The molecular formula is C14H24N2O3. The summed E-state index contributed by atoms with van der Waals surface area (Å²) in [7, 11) is 0. The number of hydrogen-bond donors (Lipinski definition) is 2. The van der Waals surface area contributed by atoms with E-state index in [2.05, 4.69) is 12.2 Å². The predicted molar refractivity (Wildman–Crippen MR) is 72.0 cm³/mol. The third-order valence-corrected chi connectivity index (χ3v) is 4.53. The van der Waals surface area contributed by atoms with E-state index in [-0.39, 0.29) is 18.0 Å². The van der Waals surface area contributed by atoms with Crippen molar-refractivity contribution in [2.45, 2.75) is 57.4 Å². The molecule has 0 aromatic heterocycles. The van der Waals surface area contributed by atoms with Gasteiger partial charge in [0.05, 0.1) is 0 Å². The first-order chi connectivity index (χ1) is 8.98. The second-order valence-corrected chi connectivity index (χ2v) is 6.21. The summed E-state index contributed by atoms with van der Waals surface area (Å²) >= 11 is 0. The fraction of sp³-hybridized carbons (Fsp3) is 0.857. The number of carboxylic acid groups (broad SMARTS) is 1. The van der Waals surface area contributed by atoms with Crippen LogP contribution in [0.3, 0.4) is 0 Å². The molecule has 5 nitrogen and oxygen atoms in total. The highest BCUT2D eigenvalue weighted by Crippen LogP contribution is 2.31. The van der Waals surface area contributed by atoms with Crippen LogP contribution in [0.1, 0.15) is 51.9 Å². The molecule has 2 fully saturated rings. The van der Waals surface area contributed by atoms with Gasteiger partial charge in [0.25, 0.3) is 0 Å². The van der Waals surface area contributed by atoms with E-state index in [4.69, 9.17) is 5.11 Å². The summed E-state index contributed by atoms with van der Waals surface area (Å²) in [6.45, 7) is 3.62. The molecule has 0 bridgehead atoms. The molecule has 108 valence electrons. The Bertz CT molecular complexity index is 345. The molecule has 0 atom stereocenters. The molecule has 1 aliphatic heterocycles. The summed E-state index contributed by atoms with van der Waals surface area (Å²) < 4.78 is 0. The number of carbonyl (C=O) groups excluding carboxylic acids is 1. The number of nitrogens with one attached hydrogen (secondary N) is 1. The minimum atomic E-state index is -0.724. The van der Waals surface area contributed by atoms with E-state index in [9.17, 15) is 9.59 Å². The van der Waals surface area contributed by atoms with Gasteiger partial charge in [0, 0.05) is 25.0 Å². The third kappa shape index (κ3) is 3.85. The Morgan fingerprint density at radius 2 is 1.95 bits per heavy atom. The summed E-state index contributed by atoms with van der Waals surface area (Å²) in [5, 5.41) is 11.8. The van der Waals surface area contributed by atoms with Gasteiger partial charge < -0.3 is 15.3 Å². The fourth-order valence-corrected chi connectivity index (χ4v) is 2.92. The monoisotopic (exact) mass is 268 g/mol. The Kier molecular flexibility index (Phi) is 4.32. The average Bonchev–Trinajstić information content (AvgIpc) is 2.35. The lowest BCUT2D eigenvalue weighted by molar-refractivity contribution is -0.137. The molecule has 1 heterocycles. The van der Waals surface area contributed by atoms with Crippen molar-refractivity contribution in [3.63, 3.8) is 0 Å². The second kappa shape index (κ2) is 5.80. The van der Waals surface area contributed by atoms with Gasteiger partial charge in [-0.05, 0) is 51.4 Å². The van der Waals surface area contributed by atoms with Crippen molar-refractivity contribution in [3.8, 4) is 0 Å². The molecule has 2 rings (SSSR count). The van der Waals surface area contributed by atoms with Gasteiger partial charge in [-0.1, -0.05) is 0 Å². The molecule has 0 radical (unpaired) electrons. The Morgan fingerprint density at radius 3 is 2.42 bits per heavy atom. The van der Waals surface area contributed by atoms with E-state index < -0.39 is 5.97 Å². The van der Waals surface area contributed by atoms with Crippen LogP contribution in [-0.2, 0) is 4.79 Å². The maximum atomic E-state index is 12.1. The average molecular weight is 268 g/mol. The van der Waals surface area contributed by atoms with E-state index in [1.165, 1.54) is 6.42 Å². The van der Waals surface area contributed by atoms with Crippen LogP contribution in [0.5, 0.6) is 0 Å². The Balaban J connectivity index is 1.70. The maximum absolute atomic E-state index is 12.1. The first-order valence-corrected chi connectivity index (χ1v) is 7.27. The van der Waals surface area contributed by atoms with Crippen LogP contribution in [0.4, 0.5) is 4.79 Å². The molecule has 0 spiro atoms. The lowest BCUT2D eigenvalue weighted by Crippen LogP contribution is -2.56. The van der Waals surface area contributed by atoms with E-state index >= 15 is 0 Å². The summed E-state index contributed by atoms with van der Waals surface area (Å²) in [6.07, 6.45) is 6.20. The zero-order chi connectivity index (χ0) is 13.9. The molecule has 2 aliphatic rings. The molecule has 19 heavy (non-hydrogen) atoms. The maximum Gasteiger partial charge on any atom is 0.317 e. The van der Waals surface area contributed by atoms with Gasteiger partial charge in [0.2, 0.25) is 0 Å². The molecule has 1 saturated heterocycles. The number of nitrogens with zero attached hydrogens (tertiary/aromatic N) is 1. The van der Waals surface area contributed by atoms with Crippen LogP contribution >= 0.6 is 0 Å². The fourth-order valence-electron chi connectivity index (χ4n) is 2.92. The molecule has 2 amide bonds. The molecule has 0 aromatic carbocycles. The minimum Gasteiger partial charge on any atom is -0.481 e. The van der Waals surface area contributed by atoms with Gasteiger partial charge in [0.15, 0.2) is 0 Å². The highest BCUT2D eigenvalue weighted by Gasteiger charge is 2.35. The van der Waals surface area contributed by atoms with Crippen molar-refractivity contribution < 1.29 is 14.7 Å². The first kappa shape index (κ1) is 14.2. The molecule has 5 heteroatoms. The number of likely N-dealkylation sites (tertiary alicyclic amines) is 1. The van der Waals surface area contributed by atoms with Gasteiger partial charge in [-0.2, -0.15) is 0 Å². The van der Waals surface area contributed by atoms with Crippen LogP contribution in [0.25, 0.3) is 0 Å². The number of amides is 2. The number of carbonyl (C=O) groups is 2. The van der Waals surface area contributed by atoms with Gasteiger partial charge in [-0.15, -0.1) is 0 Å². The Morgan fingerprint density at radius 1 is 1.32 bits per heavy atom. The van der Waals surface area contributed by atoms with Crippen LogP contribution in [0.15, 0.2) is 0 Å². The van der Waals surface area contributed by atoms with Crippen molar-refractivity contribution in [2.75, 3.05) is 13.1 Å². The van der Waals surface area contributed by atoms with E-state index in [1.54, 1.807) is 0 Å².